The molecule has 2 aromatic rings. The lowest BCUT2D eigenvalue weighted by Gasteiger charge is -2.09. The molecule has 2 aromatic carbocycles. The van der Waals surface area contributed by atoms with Crippen LogP contribution in [0.5, 0.6) is 0 Å². The molecule has 0 unspecified atom stereocenters. The Morgan fingerprint density at radius 3 is 2.65 bits per heavy atom. The standard InChI is InChI=1S/C13H10BrFIN/c14-11-7-10(15)6-5-9(11)8-17-13-4-2-1-3-12(13)16/h1-7,17H,8H2. The Kier molecular flexibility index (Phi) is 4.39. The first-order valence-electron chi connectivity index (χ1n) is 5.09. The monoisotopic (exact) mass is 405 g/mol. The fourth-order valence-electron chi connectivity index (χ4n) is 1.46. The van der Waals surface area contributed by atoms with Crippen molar-refractivity contribution in [2.24, 2.45) is 0 Å². The maximum absolute atomic E-state index is 12.9. The van der Waals surface area contributed by atoms with Crippen molar-refractivity contribution < 1.29 is 4.39 Å². The minimum atomic E-state index is -0.227. The lowest BCUT2D eigenvalue weighted by Crippen LogP contribution is -2.01. The molecule has 0 radical (unpaired) electrons. The summed E-state index contributed by atoms with van der Waals surface area (Å²) in [7, 11) is 0. The molecule has 0 bridgehead atoms. The van der Waals surface area contributed by atoms with Crippen molar-refractivity contribution in [3.63, 3.8) is 0 Å². The number of nitrogens with one attached hydrogen (secondary N) is 1. The molecule has 0 aliphatic rings. The van der Waals surface area contributed by atoms with Gasteiger partial charge in [-0.3, -0.25) is 0 Å². The predicted octanol–water partition coefficient (Wildman–Crippen LogP) is 4.80. The zero-order chi connectivity index (χ0) is 12.3. The summed E-state index contributed by atoms with van der Waals surface area (Å²) in [6.07, 6.45) is 0. The van der Waals surface area contributed by atoms with Gasteiger partial charge in [-0.1, -0.05) is 34.1 Å². The number of hydrogen-bond donors (Lipinski definition) is 1. The summed E-state index contributed by atoms with van der Waals surface area (Å²) in [5, 5.41) is 3.33. The van der Waals surface area contributed by atoms with Gasteiger partial charge in [0.2, 0.25) is 0 Å². The molecule has 0 aliphatic heterocycles. The topological polar surface area (TPSA) is 12.0 Å². The van der Waals surface area contributed by atoms with Crippen LogP contribution in [0.4, 0.5) is 10.1 Å². The molecule has 0 saturated carbocycles. The van der Waals surface area contributed by atoms with E-state index >= 15 is 0 Å². The highest BCUT2D eigenvalue weighted by atomic mass is 127. The SMILES string of the molecule is Fc1ccc(CNc2ccccc2I)c(Br)c1. The zero-order valence-corrected chi connectivity index (χ0v) is 12.6. The highest BCUT2D eigenvalue weighted by molar-refractivity contribution is 14.1. The normalized spacial score (nSPS) is 10.3. The van der Waals surface area contributed by atoms with Crippen LogP contribution in [0.15, 0.2) is 46.9 Å². The smallest absolute Gasteiger partial charge is 0.124 e. The van der Waals surface area contributed by atoms with Gasteiger partial charge in [-0.15, -0.1) is 0 Å². The summed E-state index contributed by atoms with van der Waals surface area (Å²) in [5.74, 6) is -0.227. The van der Waals surface area contributed by atoms with Gasteiger partial charge in [0.1, 0.15) is 5.82 Å². The van der Waals surface area contributed by atoms with E-state index in [1.165, 1.54) is 15.7 Å². The van der Waals surface area contributed by atoms with E-state index in [0.717, 1.165) is 15.7 Å². The van der Waals surface area contributed by atoms with Crippen molar-refractivity contribution in [2.75, 3.05) is 5.32 Å². The van der Waals surface area contributed by atoms with Gasteiger partial charge in [0.05, 0.1) is 0 Å². The van der Waals surface area contributed by atoms with Crippen LogP contribution >= 0.6 is 38.5 Å². The Labute approximate surface area is 122 Å². The summed E-state index contributed by atoms with van der Waals surface area (Å²) in [5.41, 5.74) is 2.12. The highest BCUT2D eigenvalue weighted by Gasteiger charge is 2.02. The Morgan fingerprint density at radius 2 is 1.94 bits per heavy atom. The van der Waals surface area contributed by atoms with Crippen molar-refractivity contribution in [2.45, 2.75) is 6.54 Å². The Balaban J connectivity index is 2.10. The second kappa shape index (κ2) is 5.82. The molecule has 4 heteroatoms. The van der Waals surface area contributed by atoms with Gasteiger partial charge < -0.3 is 5.32 Å². The zero-order valence-electron chi connectivity index (χ0n) is 8.88. The molecule has 1 nitrogen and oxygen atoms in total. The lowest BCUT2D eigenvalue weighted by molar-refractivity contribution is 0.626. The van der Waals surface area contributed by atoms with E-state index in [1.54, 1.807) is 6.07 Å². The number of para-hydroxylation sites is 1. The predicted molar refractivity (Wildman–Crippen MR) is 80.6 cm³/mol. The fraction of sp³-hybridized carbons (Fsp3) is 0.0769. The molecule has 2 rings (SSSR count). The van der Waals surface area contributed by atoms with E-state index in [2.05, 4.69) is 43.8 Å². The second-order valence-corrected chi connectivity index (χ2v) is 5.59. The molecule has 0 fully saturated rings. The number of anilines is 1. The maximum Gasteiger partial charge on any atom is 0.124 e. The molecule has 88 valence electrons. The van der Waals surface area contributed by atoms with Crippen LogP contribution in [0, 0.1) is 9.39 Å². The van der Waals surface area contributed by atoms with Gasteiger partial charge >= 0.3 is 0 Å². The van der Waals surface area contributed by atoms with E-state index in [9.17, 15) is 4.39 Å². The van der Waals surface area contributed by atoms with Gasteiger partial charge in [0, 0.05) is 20.3 Å². The van der Waals surface area contributed by atoms with Crippen molar-refractivity contribution in [1.29, 1.82) is 0 Å². The number of benzene rings is 2. The minimum Gasteiger partial charge on any atom is -0.380 e. The second-order valence-electron chi connectivity index (χ2n) is 3.57. The molecular weight excluding hydrogens is 396 g/mol. The average molecular weight is 406 g/mol. The summed E-state index contributed by atoms with van der Waals surface area (Å²) in [6, 6.07) is 12.8. The minimum absolute atomic E-state index is 0.227. The number of rotatable bonds is 3. The van der Waals surface area contributed by atoms with Crippen molar-refractivity contribution >= 4 is 44.2 Å². The third-order valence-electron chi connectivity index (χ3n) is 2.36. The van der Waals surface area contributed by atoms with Crippen LogP contribution < -0.4 is 5.32 Å². The summed E-state index contributed by atoms with van der Waals surface area (Å²) in [4.78, 5) is 0. The third kappa shape index (κ3) is 3.42. The molecule has 0 aromatic heterocycles. The Morgan fingerprint density at radius 1 is 1.18 bits per heavy atom. The van der Waals surface area contributed by atoms with Crippen LogP contribution in [0.1, 0.15) is 5.56 Å². The van der Waals surface area contributed by atoms with Crippen LogP contribution in [-0.4, -0.2) is 0 Å². The van der Waals surface area contributed by atoms with Crippen LogP contribution in [0.2, 0.25) is 0 Å². The highest BCUT2D eigenvalue weighted by Crippen LogP contribution is 2.21. The van der Waals surface area contributed by atoms with Gasteiger partial charge in [-0.2, -0.15) is 0 Å². The largest absolute Gasteiger partial charge is 0.380 e. The summed E-state index contributed by atoms with van der Waals surface area (Å²) in [6.45, 7) is 0.668. The quantitative estimate of drug-likeness (QED) is 0.723. The Hall–Kier alpha value is -0.620. The molecule has 17 heavy (non-hydrogen) atoms. The van der Waals surface area contributed by atoms with Crippen LogP contribution in [-0.2, 0) is 6.54 Å². The van der Waals surface area contributed by atoms with E-state index in [0.29, 0.717) is 6.54 Å². The van der Waals surface area contributed by atoms with E-state index < -0.39 is 0 Å². The Bertz CT molecular complexity index is 531. The molecule has 0 atom stereocenters. The summed E-state index contributed by atoms with van der Waals surface area (Å²) < 4.78 is 14.9. The fourth-order valence-corrected chi connectivity index (χ4v) is 2.53. The van der Waals surface area contributed by atoms with Crippen molar-refractivity contribution in [3.05, 3.63) is 61.9 Å². The van der Waals surface area contributed by atoms with E-state index in [1.807, 2.05) is 24.3 Å². The van der Waals surface area contributed by atoms with Gasteiger partial charge in [-0.25, -0.2) is 4.39 Å². The van der Waals surface area contributed by atoms with E-state index in [4.69, 9.17) is 0 Å². The van der Waals surface area contributed by atoms with Crippen LogP contribution in [0.3, 0.4) is 0 Å². The van der Waals surface area contributed by atoms with Crippen molar-refractivity contribution in [3.8, 4) is 0 Å². The molecule has 0 heterocycles. The first-order valence-corrected chi connectivity index (χ1v) is 6.96. The van der Waals surface area contributed by atoms with Crippen LogP contribution in [0.25, 0.3) is 0 Å². The molecule has 0 spiro atoms. The van der Waals surface area contributed by atoms with Gasteiger partial charge in [-0.05, 0) is 52.4 Å². The molecule has 0 saturated heterocycles. The number of hydrogen-bond acceptors (Lipinski definition) is 1. The third-order valence-corrected chi connectivity index (χ3v) is 4.04. The molecule has 1 N–H and O–H groups in total. The average Bonchev–Trinajstić information content (AvgIpc) is 2.30. The van der Waals surface area contributed by atoms with Gasteiger partial charge in [0.25, 0.3) is 0 Å². The molecule has 0 amide bonds. The number of halogens is 3. The lowest BCUT2D eigenvalue weighted by atomic mass is 10.2. The first kappa shape index (κ1) is 12.8. The maximum atomic E-state index is 12.9. The van der Waals surface area contributed by atoms with Gasteiger partial charge in [0.15, 0.2) is 0 Å². The van der Waals surface area contributed by atoms with Crippen molar-refractivity contribution in [1.82, 2.24) is 0 Å². The molecule has 0 aliphatic carbocycles. The summed E-state index contributed by atoms with van der Waals surface area (Å²) >= 11 is 5.64. The molecular formula is C13H10BrFIN. The first-order chi connectivity index (χ1) is 8.16. The van der Waals surface area contributed by atoms with E-state index in [-0.39, 0.29) is 5.82 Å².